The number of ether oxygens (including phenoxy) is 3. The van der Waals surface area contributed by atoms with Crippen molar-refractivity contribution in [3.63, 3.8) is 0 Å². The number of methoxy groups -OCH3 is 1. The predicted octanol–water partition coefficient (Wildman–Crippen LogP) is 4.20. The van der Waals surface area contributed by atoms with Crippen LogP contribution in [-0.2, 0) is 10.2 Å². The SMILES string of the molecule is COc1cc(C(=O)N2CCC3(c4ccccn4)CC2C3(F)F)ccc1OCCOC(F)(F)F. The number of aromatic nitrogens is 1. The number of rotatable bonds is 7. The lowest BCUT2D eigenvalue weighted by molar-refractivity contribution is -0.325. The second-order valence-corrected chi connectivity index (χ2v) is 7.90. The van der Waals surface area contributed by atoms with Crippen molar-refractivity contribution in [2.24, 2.45) is 0 Å². The molecule has 0 N–H and O–H groups in total. The number of nitrogens with zero attached hydrogens (tertiary/aromatic N) is 2. The second-order valence-electron chi connectivity index (χ2n) is 7.90. The molecule has 5 rings (SSSR count). The summed E-state index contributed by atoms with van der Waals surface area (Å²) >= 11 is 0. The Hall–Kier alpha value is -2.95. The zero-order valence-electron chi connectivity index (χ0n) is 17.6. The first kappa shape index (κ1) is 23.2. The zero-order chi connectivity index (χ0) is 23.9. The minimum Gasteiger partial charge on any atom is -0.493 e. The maximum absolute atomic E-state index is 15.2. The van der Waals surface area contributed by atoms with E-state index in [9.17, 15) is 18.0 Å². The molecular formula is C22H21F5N2O4. The molecule has 3 fully saturated rings. The molecule has 1 aromatic heterocycles. The van der Waals surface area contributed by atoms with Gasteiger partial charge in [0, 0.05) is 18.3 Å². The normalized spacial score (nSPS) is 23.6. The van der Waals surface area contributed by atoms with Gasteiger partial charge in [-0.3, -0.25) is 14.5 Å². The molecule has 2 bridgehead atoms. The Morgan fingerprint density at radius 1 is 1.18 bits per heavy atom. The van der Waals surface area contributed by atoms with E-state index in [2.05, 4.69) is 9.72 Å². The van der Waals surface area contributed by atoms with Gasteiger partial charge in [0.1, 0.15) is 6.61 Å². The minimum absolute atomic E-state index is 0.0801. The van der Waals surface area contributed by atoms with Gasteiger partial charge in [-0.1, -0.05) is 6.07 Å². The van der Waals surface area contributed by atoms with E-state index in [0.29, 0.717) is 5.69 Å². The average molecular weight is 472 g/mol. The number of piperidine rings is 2. The van der Waals surface area contributed by atoms with Crippen LogP contribution in [-0.4, -0.2) is 61.0 Å². The van der Waals surface area contributed by atoms with Crippen LogP contribution < -0.4 is 9.47 Å². The van der Waals surface area contributed by atoms with Crippen molar-refractivity contribution in [2.75, 3.05) is 26.9 Å². The Bertz CT molecular complexity index is 1010. The average Bonchev–Trinajstić information content (AvgIpc) is 2.80. The fourth-order valence-electron chi connectivity index (χ4n) is 4.51. The smallest absolute Gasteiger partial charge is 0.493 e. The Morgan fingerprint density at radius 2 is 1.97 bits per heavy atom. The van der Waals surface area contributed by atoms with Gasteiger partial charge in [0.15, 0.2) is 11.5 Å². The third-order valence-corrected chi connectivity index (χ3v) is 6.19. The largest absolute Gasteiger partial charge is 0.522 e. The first-order valence-corrected chi connectivity index (χ1v) is 10.2. The number of halogens is 5. The molecule has 2 aliphatic heterocycles. The van der Waals surface area contributed by atoms with Crippen molar-refractivity contribution < 1.29 is 41.0 Å². The van der Waals surface area contributed by atoms with Crippen LogP contribution >= 0.6 is 0 Å². The number of carbonyl (C=O) groups excluding carboxylic acids is 1. The quantitative estimate of drug-likeness (QED) is 0.447. The van der Waals surface area contributed by atoms with Gasteiger partial charge >= 0.3 is 6.36 Å². The molecule has 2 unspecified atom stereocenters. The second kappa shape index (κ2) is 8.44. The maximum atomic E-state index is 15.2. The van der Waals surface area contributed by atoms with Crippen molar-refractivity contribution in [1.82, 2.24) is 9.88 Å². The number of hydrogen-bond acceptors (Lipinski definition) is 5. The fraction of sp³-hybridized carbons (Fsp3) is 0.455. The summed E-state index contributed by atoms with van der Waals surface area (Å²) in [5.41, 5.74) is -0.932. The van der Waals surface area contributed by atoms with Crippen LogP contribution in [0.5, 0.6) is 11.5 Å². The highest BCUT2D eigenvalue weighted by Gasteiger charge is 2.74. The van der Waals surface area contributed by atoms with E-state index in [1.165, 1.54) is 31.5 Å². The molecule has 2 atom stereocenters. The zero-order valence-corrected chi connectivity index (χ0v) is 17.6. The molecule has 178 valence electrons. The lowest BCUT2D eigenvalue weighted by Gasteiger charge is -2.62. The van der Waals surface area contributed by atoms with Gasteiger partial charge < -0.3 is 14.4 Å². The third kappa shape index (κ3) is 4.09. The van der Waals surface area contributed by atoms with Crippen LogP contribution in [0.3, 0.4) is 0 Å². The Labute approximate surface area is 186 Å². The third-order valence-electron chi connectivity index (χ3n) is 6.19. The molecule has 2 aromatic rings. The van der Waals surface area contributed by atoms with E-state index >= 15 is 8.78 Å². The van der Waals surface area contributed by atoms with Gasteiger partial charge in [0.25, 0.3) is 11.8 Å². The van der Waals surface area contributed by atoms with Crippen molar-refractivity contribution >= 4 is 5.91 Å². The Morgan fingerprint density at radius 3 is 2.58 bits per heavy atom. The lowest BCUT2D eigenvalue weighted by atomic mass is 9.55. The number of benzene rings is 1. The first-order chi connectivity index (χ1) is 15.6. The van der Waals surface area contributed by atoms with Gasteiger partial charge in [0.2, 0.25) is 0 Å². The van der Waals surface area contributed by atoms with Crippen LogP contribution in [0, 0.1) is 0 Å². The van der Waals surface area contributed by atoms with Gasteiger partial charge in [-0.2, -0.15) is 0 Å². The van der Waals surface area contributed by atoms with Crippen molar-refractivity contribution in [1.29, 1.82) is 0 Å². The monoisotopic (exact) mass is 472 g/mol. The highest BCUT2D eigenvalue weighted by Crippen LogP contribution is 2.61. The summed E-state index contributed by atoms with van der Waals surface area (Å²) in [4.78, 5) is 18.3. The van der Waals surface area contributed by atoms with E-state index in [0.717, 1.165) is 4.90 Å². The van der Waals surface area contributed by atoms with Gasteiger partial charge in [-0.15, -0.1) is 13.2 Å². The van der Waals surface area contributed by atoms with Crippen molar-refractivity contribution in [2.45, 2.75) is 36.6 Å². The molecule has 33 heavy (non-hydrogen) atoms. The lowest BCUT2D eigenvalue weighted by Crippen LogP contribution is -2.75. The summed E-state index contributed by atoms with van der Waals surface area (Å²) < 4.78 is 80.6. The summed E-state index contributed by atoms with van der Waals surface area (Å²) in [6.45, 7) is -0.986. The summed E-state index contributed by atoms with van der Waals surface area (Å²) in [5, 5.41) is 0. The van der Waals surface area contributed by atoms with Crippen LogP contribution in [0.2, 0.25) is 0 Å². The topological polar surface area (TPSA) is 60.9 Å². The minimum atomic E-state index is -4.77. The molecule has 3 aliphatic rings. The van der Waals surface area contributed by atoms with Gasteiger partial charge in [0.05, 0.1) is 30.9 Å². The number of carbonyl (C=O) groups is 1. The highest BCUT2D eigenvalue weighted by molar-refractivity contribution is 5.95. The number of hydrogen-bond donors (Lipinski definition) is 0. The first-order valence-electron chi connectivity index (χ1n) is 10.2. The molecule has 0 radical (unpaired) electrons. The summed E-state index contributed by atoms with van der Waals surface area (Å²) in [6.07, 6.45) is -3.09. The number of fused-ring (bicyclic) bond motifs is 2. The predicted molar refractivity (Wildman–Crippen MR) is 105 cm³/mol. The molecule has 1 amide bonds. The van der Waals surface area contributed by atoms with E-state index in [1.807, 2.05) is 0 Å². The van der Waals surface area contributed by atoms with Crippen molar-refractivity contribution in [3.05, 3.63) is 53.9 Å². The van der Waals surface area contributed by atoms with E-state index in [4.69, 9.17) is 9.47 Å². The molecule has 6 nitrogen and oxygen atoms in total. The summed E-state index contributed by atoms with van der Waals surface area (Å²) in [5.74, 6) is -3.52. The van der Waals surface area contributed by atoms with Crippen LogP contribution in [0.15, 0.2) is 42.6 Å². The molecular weight excluding hydrogens is 451 g/mol. The van der Waals surface area contributed by atoms with E-state index in [1.54, 1.807) is 18.2 Å². The van der Waals surface area contributed by atoms with Crippen LogP contribution in [0.25, 0.3) is 0 Å². The Kier molecular flexibility index (Phi) is 5.94. The van der Waals surface area contributed by atoms with E-state index in [-0.39, 0.29) is 36.4 Å². The summed E-state index contributed by atoms with van der Waals surface area (Å²) in [7, 11) is 1.30. The molecule has 1 saturated carbocycles. The Balaban J connectivity index is 1.46. The molecule has 11 heteroatoms. The van der Waals surface area contributed by atoms with Gasteiger partial charge in [-0.05, 0) is 43.2 Å². The molecule has 1 aromatic carbocycles. The van der Waals surface area contributed by atoms with E-state index < -0.39 is 42.9 Å². The molecule has 0 spiro atoms. The van der Waals surface area contributed by atoms with Gasteiger partial charge in [-0.25, -0.2) is 8.78 Å². The molecule has 2 saturated heterocycles. The molecule has 1 aliphatic carbocycles. The molecule has 3 heterocycles. The standard InChI is InChI=1S/C22H21F5N2O4/c1-31-16-12-14(5-6-15(16)32-10-11-33-22(25,26)27)19(30)29-9-7-20(13-18(29)21(20,23)24)17-4-2-3-8-28-17/h2-6,8,12,18H,7,9-11,13H2,1H3. The van der Waals surface area contributed by atoms with Crippen LogP contribution in [0.4, 0.5) is 22.0 Å². The van der Waals surface area contributed by atoms with Crippen molar-refractivity contribution in [3.8, 4) is 11.5 Å². The summed E-state index contributed by atoms with van der Waals surface area (Å²) in [6, 6.07) is 7.70. The highest BCUT2D eigenvalue weighted by atomic mass is 19.4. The van der Waals surface area contributed by atoms with Crippen LogP contribution in [0.1, 0.15) is 28.9 Å². The maximum Gasteiger partial charge on any atom is 0.522 e. The number of pyridine rings is 1. The fourth-order valence-corrected chi connectivity index (χ4v) is 4.51. The number of amides is 1. The number of alkyl halides is 5.